The molecule has 3 rings (SSSR count). The lowest BCUT2D eigenvalue weighted by atomic mass is 9.82. The number of ketones is 2. The van der Waals surface area contributed by atoms with Crippen molar-refractivity contribution in [2.24, 2.45) is 0 Å². The number of hydrogen-bond acceptors (Lipinski definition) is 4. The number of anilines is 2. The highest BCUT2D eigenvalue weighted by molar-refractivity contribution is 6.31. The van der Waals surface area contributed by atoms with E-state index in [9.17, 15) is 9.59 Å². The fraction of sp³-hybridized carbons (Fsp3) is 0.720. The molecule has 1 aliphatic rings. The van der Waals surface area contributed by atoms with Gasteiger partial charge in [0, 0.05) is 35.6 Å². The van der Waals surface area contributed by atoms with Crippen molar-refractivity contribution in [3.63, 3.8) is 0 Å². The molecule has 0 saturated heterocycles. The van der Waals surface area contributed by atoms with Crippen molar-refractivity contribution in [2.45, 2.75) is 219 Å². The van der Waals surface area contributed by atoms with Crippen LogP contribution in [0.4, 0.5) is 11.4 Å². The Kier molecular flexibility index (Phi) is 25.9. The van der Waals surface area contributed by atoms with Gasteiger partial charge in [0.25, 0.3) is 0 Å². The molecular weight excluding hydrogens is 661 g/mol. The molecule has 2 aromatic carbocycles. The van der Waals surface area contributed by atoms with Gasteiger partial charge in [-0.3, -0.25) is 9.59 Å². The second kappa shape index (κ2) is 30.6. The Hall–Kier alpha value is -2.62. The van der Waals surface area contributed by atoms with Crippen LogP contribution in [0.5, 0.6) is 0 Å². The minimum Gasteiger partial charge on any atom is -0.384 e. The SMILES string of the molecule is CCCCCCCCCCCCCCCCCCNc1cccc2c1C(=O)c1cccc(NCCCCCCCCCCCCCCCCCC)c1C2=O. The maximum absolute atomic E-state index is 13.8. The van der Waals surface area contributed by atoms with Crippen molar-refractivity contribution in [1.29, 1.82) is 0 Å². The summed E-state index contributed by atoms with van der Waals surface area (Å²) in [5.41, 5.74) is 3.73. The van der Waals surface area contributed by atoms with Gasteiger partial charge in [0.05, 0.1) is 11.1 Å². The lowest BCUT2D eigenvalue weighted by Crippen LogP contribution is -2.24. The number of carbonyl (C=O) groups excluding carboxylic acids is 2. The maximum atomic E-state index is 13.8. The third-order valence-corrected chi connectivity index (χ3v) is 11.8. The Morgan fingerprint density at radius 2 is 0.574 bits per heavy atom. The van der Waals surface area contributed by atoms with Gasteiger partial charge in [0.1, 0.15) is 0 Å². The van der Waals surface area contributed by atoms with E-state index in [2.05, 4.69) is 24.5 Å². The summed E-state index contributed by atoms with van der Waals surface area (Å²) < 4.78 is 0. The largest absolute Gasteiger partial charge is 0.384 e. The molecule has 304 valence electrons. The molecule has 0 unspecified atom stereocenters. The fourth-order valence-electron chi connectivity index (χ4n) is 8.33. The molecule has 0 atom stereocenters. The van der Waals surface area contributed by atoms with E-state index >= 15 is 0 Å². The van der Waals surface area contributed by atoms with E-state index < -0.39 is 0 Å². The van der Waals surface area contributed by atoms with E-state index in [1.165, 1.54) is 193 Å². The summed E-state index contributed by atoms with van der Waals surface area (Å²) in [5, 5.41) is 7.03. The molecule has 4 heteroatoms. The molecule has 0 heterocycles. The van der Waals surface area contributed by atoms with Gasteiger partial charge in [0.15, 0.2) is 11.6 Å². The van der Waals surface area contributed by atoms with Crippen LogP contribution in [0.1, 0.15) is 251 Å². The highest BCUT2D eigenvalue weighted by Gasteiger charge is 2.33. The summed E-state index contributed by atoms with van der Waals surface area (Å²) >= 11 is 0. The van der Waals surface area contributed by atoms with Gasteiger partial charge in [-0.1, -0.05) is 231 Å². The molecule has 0 aliphatic heterocycles. The summed E-state index contributed by atoms with van der Waals surface area (Å²) in [4.78, 5) is 27.6. The van der Waals surface area contributed by atoms with Gasteiger partial charge in [-0.25, -0.2) is 0 Å². The van der Waals surface area contributed by atoms with E-state index in [1.54, 1.807) is 0 Å². The zero-order chi connectivity index (χ0) is 38.3. The number of fused-ring (bicyclic) bond motifs is 2. The van der Waals surface area contributed by atoms with Crippen molar-refractivity contribution >= 4 is 22.9 Å². The zero-order valence-electron chi connectivity index (χ0n) is 35.3. The Bertz CT molecular complexity index is 1170. The second-order valence-corrected chi connectivity index (χ2v) is 16.6. The first-order valence-electron chi connectivity index (χ1n) is 23.5. The van der Waals surface area contributed by atoms with Crippen molar-refractivity contribution in [1.82, 2.24) is 0 Å². The average Bonchev–Trinajstić information content (AvgIpc) is 3.19. The summed E-state index contributed by atoms with van der Waals surface area (Å²) in [6.07, 6.45) is 43.4. The zero-order valence-corrected chi connectivity index (χ0v) is 35.3. The maximum Gasteiger partial charge on any atom is 0.196 e. The number of hydrogen-bond donors (Lipinski definition) is 2. The number of benzene rings is 2. The van der Waals surface area contributed by atoms with E-state index in [0.717, 1.165) is 37.3 Å². The monoisotopic (exact) mass is 743 g/mol. The molecule has 0 aromatic heterocycles. The third-order valence-electron chi connectivity index (χ3n) is 11.8. The molecule has 0 amide bonds. The summed E-state index contributed by atoms with van der Waals surface area (Å²) in [5.74, 6) is -0.0820. The molecule has 0 fully saturated rings. The first kappa shape index (κ1) is 45.8. The molecule has 2 N–H and O–H groups in total. The van der Waals surface area contributed by atoms with E-state index in [0.29, 0.717) is 22.3 Å². The summed E-state index contributed by atoms with van der Waals surface area (Å²) in [6.45, 7) is 6.22. The second-order valence-electron chi connectivity index (χ2n) is 16.6. The van der Waals surface area contributed by atoms with Crippen molar-refractivity contribution in [3.05, 3.63) is 58.7 Å². The highest BCUT2D eigenvalue weighted by atomic mass is 16.1. The fourth-order valence-corrected chi connectivity index (χ4v) is 8.33. The van der Waals surface area contributed by atoms with Gasteiger partial charge in [0.2, 0.25) is 0 Å². The lowest BCUT2D eigenvalue weighted by Gasteiger charge is -2.23. The molecule has 0 saturated carbocycles. The highest BCUT2D eigenvalue weighted by Crippen LogP contribution is 2.35. The minimum absolute atomic E-state index is 0.0410. The first-order chi connectivity index (χ1) is 26.7. The summed E-state index contributed by atoms with van der Waals surface area (Å²) in [6, 6.07) is 11.4. The number of rotatable bonds is 36. The number of carbonyl (C=O) groups is 2. The van der Waals surface area contributed by atoms with Gasteiger partial charge < -0.3 is 10.6 Å². The lowest BCUT2D eigenvalue weighted by molar-refractivity contribution is 0.0980. The van der Waals surface area contributed by atoms with Crippen LogP contribution in [0.2, 0.25) is 0 Å². The Labute approximate surface area is 333 Å². The predicted molar refractivity (Wildman–Crippen MR) is 236 cm³/mol. The predicted octanol–water partition coefficient (Wildman–Crippen LogP) is 15.8. The molecule has 4 nitrogen and oxygen atoms in total. The van der Waals surface area contributed by atoms with Gasteiger partial charge in [-0.15, -0.1) is 0 Å². The van der Waals surface area contributed by atoms with Crippen LogP contribution in [0.25, 0.3) is 0 Å². The smallest absolute Gasteiger partial charge is 0.196 e. The molecule has 0 spiro atoms. The summed E-state index contributed by atoms with van der Waals surface area (Å²) in [7, 11) is 0. The molecule has 0 bridgehead atoms. The van der Waals surface area contributed by atoms with Crippen LogP contribution in [-0.2, 0) is 0 Å². The Morgan fingerprint density at radius 1 is 0.333 bits per heavy atom. The number of unbranched alkanes of at least 4 members (excludes halogenated alkanes) is 30. The molecule has 54 heavy (non-hydrogen) atoms. The van der Waals surface area contributed by atoms with E-state index in [1.807, 2.05) is 36.4 Å². The Morgan fingerprint density at radius 3 is 0.833 bits per heavy atom. The van der Waals surface area contributed by atoms with Crippen LogP contribution in [0, 0.1) is 0 Å². The molecular formula is C50H82N2O2. The number of nitrogens with one attached hydrogen (secondary N) is 2. The van der Waals surface area contributed by atoms with Crippen LogP contribution in [-0.4, -0.2) is 24.7 Å². The van der Waals surface area contributed by atoms with Crippen LogP contribution in [0.3, 0.4) is 0 Å². The van der Waals surface area contributed by atoms with Crippen molar-refractivity contribution in [3.8, 4) is 0 Å². The van der Waals surface area contributed by atoms with Crippen molar-refractivity contribution < 1.29 is 9.59 Å². The van der Waals surface area contributed by atoms with Gasteiger partial charge in [-0.2, -0.15) is 0 Å². The standard InChI is InChI=1S/C50H82N2O2/c1-3-5-7-9-11-13-15-17-19-21-23-25-27-29-31-33-41-51-45-39-35-37-43-47(45)49(53)44-38-36-40-46(48(44)50(43)54)52-42-34-32-30-28-26-24-22-20-18-16-14-12-10-8-6-4-2/h35-40,51-52H,3-34,41-42H2,1-2H3. The average molecular weight is 743 g/mol. The van der Waals surface area contributed by atoms with Crippen LogP contribution < -0.4 is 10.6 Å². The minimum atomic E-state index is -0.0410. The van der Waals surface area contributed by atoms with Gasteiger partial charge in [-0.05, 0) is 25.0 Å². The quantitative estimate of drug-likeness (QED) is 0.0583. The first-order valence-corrected chi connectivity index (χ1v) is 23.5. The van der Waals surface area contributed by atoms with Gasteiger partial charge >= 0.3 is 0 Å². The third kappa shape index (κ3) is 18.3. The van der Waals surface area contributed by atoms with Crippen LogP contribution in [0.15, 0.2) is 36.4 Å². The topological polar surface area (TPSA) is 58.2 Å². The van der Waals surface area contributed by atoms with Crippen molar-refractivity contribution in [2.75, 3.05) is 23.7 Å². The molecule has 2 aromatic rings. The van der Waals surface area contributed by atoms with E-state index in [-0.39, 0.29) is 11.6 Å². The van der Waals surface area contributed by atoms with Crippen LogP contribution >= 0.6 is 0 Å². The molecule has 1 aliphatic carbocycles. The normalized spacial score (nSPS) is 12.3. The molecule has 0 radical (unpaired) electrons. The Balaban J connectivity index is 1.25. The van der Waals surface area contributed by atoms with E-state index in [4.69, 9.17) is 0 Å².